The topological polar surface area (TPSA) is 114 Å². The van der Waals surface area contributed by atoms with Crippen molar-refractivity contribution in [2.75, 3.05) is 6.61 Å². The van der Waals surface area contributed by atoms with E-state index in [-0.39, 0.29) is 24.6 Å². The highest BCUT2D eigenvalue weighted by atomic mass is 19.1. The van der Waals surface area contributed by atoms with Gasteiger partial charge in [-0.1, -0.05) is 50.6 Å². The predicted molar refractivity (Wildman–Crippen MR) is 133 cm³/mol. The highest BCUT2D eigenvalue weighted by Gasteiger charge is 2.26. The Hall–Kier alpha value is -3.72. The molecule has 0 aliphatic rings. The van der Waals surface area contributed by atoms with Gasteiger partial charge in [-0.25, -0.2) is 9.07 Å². The highest BCUT2D eigenvalue weighted by molar-refractivity contribution is 5.93. The van der Waals surface area contributed by atoms with Gasteiger partial charge in [0, 0.05) is 6.07 Å². The van der Waals surface area contributed by atoms with Crippen LogP contribution >= 0.6 is 0 Å². The van der Waals surface area contributed by atoms with Crippen LogP contribution in [0.3, 0.4) is 0 Å². The van der Waals surface area contributed by atoms with Crippen molar-refractivity contribution in [2.24, 2.45) is 5.41 Å². The Morgan fingerprint density at radius 1 is 1.14 bits per heavy atom. The number of hydrogen-bond acceptors (Lipinski definition) is 5. The van der Waals surface area contributed by atoms with E-state index in [9.17, 15) is 24.2 Å². The number of aromatic nitrogens is 2. The first-order valence-electron chi connectivity index (χ1n) is 11.6. The number of carboxylic acid groups (broad SMARTS) is 1. The average Bonchev–Trinajstić information content (AvgIpc) is 3.20. The standard InChI is InChI=1S/C27H32FN3O5/c1-16-9-10-20(17(2)11-16)21(14-25(33)34)29-26(35)22-13-24(36-15-23(32)27(3,4)5)31(30-22)19-8-6-7-18(28)12-19/h6-13,21,23,32H,14-15H2,1-5H3,(H,29,35)(H,33,34)/t21-,23+/m0/s1. The van der Waals surface area contributed by atoms with Gasteiger partial charge in [0.15, 0.2) is 5.69 Å². The van der Waals surface area contributed by atoms with Gasteiger partial charge in [0.2, 0.25) is 5.88 Å². The van der Waals surface area contributed by atoms with E-state index in [1.807, 2.05) is 46.8 Å². The number of aliphatic hydroxyl groups is 1. The van der Waals surface area contributed by atoms with Gasteiger partial charge in [-0.15, -0.1) is 0 Å². The van der Waals surface area contributed by atoms with Crippen LogP contribution in [0.25, 0.3) is 5.69 Å². The lowest BCUT2D eigenvalue weighted by atomic mass is 9.90. The molecule has 0 aliphatic carbocycles. The van der Waals surface area contributed by atoms with Crippen LogP contribution in [0, 0.1) is 25.1 Å². The number of ether oxygens (including phenoxy) is 1. The second-order valence-corrected chi connectivity index (χ2v) is 9.94. The molecule has 3 rings (SSSR count). The Morgan fingerprint density at radius 3 is 2.47 bits per heavy atom. The Kier molecular flexibility index (Phi) is 8.14. The molecule has 0 spiro atoms. The second kappa shape index (κ2) is 10.9. The predicted octanol–water partition coefficient (Wildman–Crippen LogP) is 4.36. The number of carbonyl (C=O) groups is 2. The van der Waals surface area contributed by atoms with E-state index in [1.54, 1.807) is 12.1 Å². The fraction of sp³-hybridized carbons (Fsp3) is 0.370. The zero-order valence-electron chi connectivity index (χ0n) is 21.1. The number of nitrogens with one attached hydrogen (secondary N) is 1. The fourth-order valence-corrected chi connectivity index (χ4v) is 3.65. The van der Waals surface area contributed by atoms with Crippen molar-refractivity contribution in [2.45, 2.75) is 53.2 Å². The van der Waals surface area contributed by atoms with Gasteiger partial charge in [-0.05, 0) is 48.6 Å². The summed E-state index contributed by atoms with van der Waals surface area (Å²) < 4.78 is 21.0. The summed E-state index contributed by atoms with van der Waals surface area (Å²) in [6, 6.07) is 11.8. The van der Waals surface area contributed by atoms with E-state index >= 15 is 0 Å². The van der Waals surface area contributed by atoms with Crippen molar-refractivity contribution >= 4 is 11.9 Å². The number of amides is 1. The molecular weight excluding hydrogens is 465 g/mol. The number of aliphatic hydroxyl groups excluding tert-OH is 1. The van der Waals surface area contributed by atoms with Gasteiger partial charge in [-0.2, -0.15) is 5.10 Å². The molecule has 3 N–H and O–H groups in total. The molecule has 1 aromatic heterocycles. The van der Waals surface area contributed by atoms with Crippen molar-refractivity contribution in [1.82, 2.24) is 15.1 Å². The Balaban J connectivity index is 1.94. The molecule has 2 atom stereocenters. The maximum absolute atomic E-state index is 13.9. The average molecular weight is 498 g/mol. The molecule has 0 saturated carbocycles. The number of benzene rings is 2. The molecule has 0 radical (unpaired) electrons. The van der Waals surface area contributed by atoms with Gasteiger partial charge in [0.25, 0.3) is 5.91 Å². The van der Waals surface area contributed by atoms with Crippen LogP contribution in [-0.2, 0) is 4.79 Å². The lowest BCUT2D eigenvalue weighted by molar-refractivity contribution is -0.137. The zero-order valence-corrected chi connectivity index (χ0v) is 21.1. The van der Waals surface area contributed by atoms with E-state index < -0.39 is 35.3 Å². The van der Waals surface area contributed by atoms with E-state index in [1.165, 1.54) is 28.9 Å². The smallest absolute Gasteiger partial charge is 0.305 e. The number of rotatable bonds is 9. The summed E-state index contributed by atoms with van der Waals surface area (Å²) in [7, 11) is 0. The van der Waals surface area contributed by atoms with Gasteiger partial charge < -0.3 is 20.3 Å². The Bertz CT molecular complexity index is 1250. The second-order valence-electron chi connectivity index (χ2n) is 9.94. The number of aliphatic carboxylic acids is 1. The lowest BCUT2D eigenvalue weighted by Crippen LogP contribution is -2.32. The first kappa shape index (κ1) is 26.9. The molecule has 9 heteroatoms. The number of carbonyl (C=O) groups excluding carboxylic acids is 1. The van der Waals surface area contributed by atoms with E-state index in [0.717, 1.165) is 11.1 Å². The first-order chi connectivity index (χ1) is 16.8. The highest BCUT2D eigenvalue weighted by Crippen LogP contribution is 2.26. The van der Waals surface area contributed by atoms with Crippen molar-refractivity contribution in [3.63, 3.8) is 0 Å². The van der Waals surface area contributed by atoms with Gasteiger partial charge >= 0.3 is 5.97 Å². The zero-order chi connectivity index (χ0) is 26.6. The maximum atomic E-state index is 13.9. The minimum absolute atomic E-state index is 0.0420. The molecule has 1 heterocycles. The molecule has 3 aromatic rings. The number of hydrogen-bond donors (Lipinski definition) is 3. The SMILES string of the molecule is Cc1ccc([C@H](CC(=O)O)NC(=O)c2cc(OC[C@@H](O)C(C)(C)C)n(-c3cccc(F)c3)n2)c(C)c1. The minimum atomic E-state index is -1.06. The number of aryl methyl sites for hydroxylation is 2. The third kappa shape index (κ3) is 6.69. The lowest BCUT2D eigenvalue weighted by Gasteiger charge is -2.25. The largest absolute Gasteiger partial charge is 0.481 e. The maximum Gasteiger partial charge on any atom is 0.305 e. The molecule has 0 saturated heterocycles. The van der Waals surface area contributed by atoms with Crippen molar-refractivity contribution in [3.05, 3.63) is 76.7 Å². The van der Waals surface area contributed by atoms with Crippen LogP contribution in [0.15, 0.2) is 48.5 Å². The molecular formula is C27H32FN3O5. The summed E-state index contributed by atoms with van der Waals surface area (Å²) in [5, 5.41) is 26.9. The van der Waals surface area contributed by atoms with Crippen LogP contribution in [0.5, 0.6) is 5.88 Å². The fourth-order valence-electron chi connectivity index (χ4n) is 3.65. The number of nitrogens with zero attached hydrogens (tertiary/aromatic N) is 2. The normalized spacial score (nSPS) is 13.2. The minimum Gasteiger partial charge on any atom is -0.481 e. The van der Waals surface area contributed by atoms with Crippen LogP contribution in [0.4, 0.5) is 4.39 Å². The van der Waals surface area contributed by atoms with E-state index in [0.29, 0.717) is 11.3 Å². The molecule has 2 aromatic carbocycles. The third-order valence-corrected chi connectivity index (χ3v) is 5.84. The van der Waals surface area contributed by atoms with Crippen molar-refractivity contribution in [1.29, 1.82) is 0 Å². The summed E-state index contributed by atoms with van der Waals surface area (Å²) >= 11 is 0. The molecule has 0 unspecified atom stereocenters. The monoisotopic (exact) mass is 497 g/mol. The summed E-state index contributed by atoms with van der Waals surface area (Å²) in [5.74, 6) is -2.04. The number of carboxylic acids is 1. The van der Waals surface area contributed by atoms with Gasteiger partial charge in [0.1, 0.15) is 12.4 Å². The van der Waals surface area contributed by atoms with Gasteiger partial charge in [0.05, 0.1) is 24.3 Å². The first-order valence-corrected chi connectivity index (χ1v) is 11.6. The number of halogens is 1. The van der Waals surface area contributed by atoms with E-state index in [4.69, 9.17) is 4.74 Å². The van der Waals surface area contributed by atoms with Crippen molar-refractivity contribution < 1.29 is 28.9 Å². The Labute approximate surface area is 209 Å². The van der Waals surface area contributed by atoms with Crippen LogP contribution in [-0.4, -0.2) is 44.6 Å². The van der Waals surface area contributed by atoms with Crippen molar-refractivity contribution in [3.8, 4) is 11.6 Å². The molecule has 8 nitrogen and oxygen atoms in total. The van der Waals surface area contributed by atoms with Gasteiger partial charge in [-0.3, -0.25) is 9.59 Å². The quantitative estimate of drug-likeness (QED) is 0.405. The Morgan fingerprint density at radius 2 is 1.86 bits per heavy atom. The summed E-state index contributed by atoms with van der Waals surface area (Å²) in [5.41, 5.74) is 2.40. The van der Waals surface area contributed by atoms with Crippen LogP contribution < -0.4 is 10.1 Å². The molecule has 0 fully saturated rings. The van der Waals surface area contributed by atoms with Crippen LogP contribution in [0.2, 0.25) is 0 Å². The molecule has 0 aliphatic heterocycles. The molecule has 192 valence electrons. The van der Waals surface area contributed by atoms with E-state index in [2.05, 4.69) is 10.4 Å². The molecule has 1 amide bonds. The summed E-state index contributed by atoms with van der Waals surface area (Å²) in [4.78, 5) is 24.7. The summed E-state index contributed by atoms with van der Waals surface area (Å²) in [6.45, 7) is 9.29. The molecule has 0 bridgehead atoms. The summed E-state index contributed by atoms with van der Waals surface area (Å²) in [6.07, 6.45) is -1.13. The molecule has 36 heavy (non-hydrogen) atoms. The van der Waals surface area contributed by atoms with Crippen LogP contribution in [0.1, 0.15) is 60.4 Å². The third-order valence-electron chi connectivity index (χ3n) is 5.84.